The second-order valence-electron chi connectivity index (χ2n) is 4.56. The third-order valence-corrected chi connectivity index (χ3v) is 3.19. The van der Waals surface area contributed by atoms with E-state index in [9.17, 15) is 4.39 Å². The maximum Gasteiger partial charge on any atom is 0.168 e. The van der Waals surface area contributed by atoms with E-state index in [0.717, 1.165) is 11.4 Å². The molecule has 106 valence electrons. The van der Waals surface area contributed by atoms with Crippen molar-refractivity contribution in [3.63, 3.8) is 0 Å². The molecule has 0 saturated carbocycles. The lowest BCUT2D eigenvalue weighted by atomic mass is 10.0. The summed E-state index contributed by atoms with van der Waals surface area (Å²) < 4.78 is 19.2. The molecule has 0 bridgehead atoms. The van der Waals surface area contributed by atoms with E-state index in [4.69, 9.17) is 4.74 Å². The first-order chi connectivity index (χ1) is 9.65. The van der Waals surface area contributed by atoms with Gasteiger partial charge >= 0.3 is 0 Å². The molecule has 1 N–H and O–H groups in total. The van der Waals surface area contributed by atoms with Gasteiger partial charge in [-0.15, -0.1) is 0 Å². The normalized spacial score (nSPS) is 12.2. The molecular weight excluding hydrogens is 257 g/mol. The molecule has 2 rings (SSSR count). The Balaban J connectivity index is 2.24. The minimum Gasteiger partial charge on any atom is -0.494 e. The highest BCUT2D eigenvalue weighted by Crippen LogP contribution is 2.24. The predicted octanol–water partition coefficient (Wildman–Crippen LogP) is 2.44. The van der Waals surface area contributed by atoms with E-state index >= 15 is 0 Å². The molecule has 0 amide bonds. The van der Waals surface area contributed by atoms with Crippen LogP contribution in [0, 0.1) is 12.7 Å². The molecule has 1 atom stereocenters. The highest BCUT2D eigenvalue weighted by Gasteiger charge is 2.16. The highest BCUT2D eigenvalue weighted by atomic mass is 19.1. The second-order valence-corrected chi connectivity index (χ2v) is 4.56. The lowest BCUT2D eigenvalue weighted by Gasteiger charge is -2.16. The molecule has 1 unspecified atom stereocenters. The lowest BCUT2D eigenvalue weighted by molar-refractivity contribution is 0.382. The molecule has 0 aliphatic heterocycles. The molecule has 0 radical (unpaired) electrons. The maximum atomic E-state index is 14.2. The number of hydrogen-bond donors (Lipinski definition) is 1. The summed E-state index contributed by atoms with van der Waals surface area (Å²) in [4.78, 5) is 8.56. The predicted molar refractivity (Wildman–Crippen MR) is 75.2 cm³/mol. The Hall–Kier alpha value is -2.01. The average molecular weight is 275 g/mol. The van der Waals surface area contributed by atoms with E-state index in [1.54, 1.807) is 30.6 Å². The van der Waals surface area contributed by atoms with Gasteiger partial charge in [0.05, 0.1) is 30.7 Å². The quantitative estimate of drug-likeness (QED) is 0.910. The zero-order chi connectivity index (χ0) is 14.5. The van der Waals surface area contributed by atoms with Crippen molar-refractivity contribution < 1.29 is 9.13 Å². The number of rotatable bonds is 5. The summed E-state index contributed by atoms with van der Waals surface area (Å²) in [5, 5.41) is 3.14. The molecule has 0 saturated heterocycles. The minimum absolute atomic E-state index is 0.0929. The third kappa shape index (κ3) is 3.11. The molecule has 2 aromatic rings. The van der Waals surface area contributed by atoms with Gasteiger partial charge in [0.1, 0.15) is 0 Å². The minimum atomic E-state index is -0.324. The number of nitrogens with zero attached hydrogens (tertiary/aromatic N) is 2. The van der Waals surface area contributed by atoms with Crippen LogP contribution in [0.2, 0.25) is 0 Å². The zero-order valence-corrected chi connectivity index (χ0v) is 11.9. The molecular formula is C15H18FN3O. The average Bonchev–Trinajstić information content (AvgIpc) is 2.47. The molecule has 4 nitrogen and oxygen atoms in total. The van der Waals surface area contributed by atoms with Gasteiger partial charge in [0.25, 0.3) is 0 Å². The van der Waals surface area contributed by atoms with Gasteiger partial charge in [0.15, 0.2) is 11.6 Å². The number of aryl methyl sites for hydroxylation is 1. The summed E-state index contributed by atoms with van der Waals surface area (Å²) in [6.45, 7) is 1.88. The van der Waals surface area contributed by atoms with Crippen molar-refractivity contribution in [1.29, 1.82) is 0 Å². The number of hydrogen-bond acceptors (Lipinski definition) is 4. The van der Waals surface area contributed by atoms with Crippen LogP contribution in [0.25, 0.3) is 0 Å². The Labute approximate surface area is 118 Å². The van der Waals surface area contributed by atoms with Crippen LogP contribution >= 0.6 is 0 Å². The van der Waals surface area contributed by atoms with Crippen molar-refractivity contribution in [2.45, 2.75) is 19.4 Å². The summed E-state index contributed by atoms with van der Waals surface area (Å²) >= 11 is 0. The fourth-order valence-electron chi connectivity index (χ4n) is 2.03. The summed E-state index contributed by atoms with van der Waals surface area (Å²) in [5.41, 5.74) is 2.24. The summed E-state index contributed by atoms with van der Waals surface area (Å²) in [6.07, 6.45) is 3.91. The number of nitrogens with one attached hydrogen (secondary N) is 1. The van der Waals surface area contributed by atoms with Gasteiger partial charge in [-0.1, -0.05) is 12.1 Å². The Bertz CT molecular complexity index is 572. The van der Waals surface area contributed by atoms with Crippen LogP contribution in [0.3, 0.4) is 0 Å². The summed E-state index contributed by atoms with van der Waals surface area (Å²) in [5.74, 6) is -0.0670. The Morgan fingerprint density at radius 3 is 2.70 bits per heavy atom. The maximum absolute atomic E-state index is 14.2. The number of methoxy groups -OCH3 is 1. The van der Waals surface area contributed by atoms with E-state index in [0.29, 0.717) is 12.0 Å². The van der Waals surface area contributed by atoms with E-state index < -0.39 is 0 Å². The van der Waals surface area contributed by atoms with Gasteiger partial charge in [0, 0.05) is 6.20 Å². The molecule has 1 aromatic heterocycles. The molecule has 0 fully saturated rings. The van der Waals surface area contributed by atoms with E-state index in [1.165, 1.54) is 7.11 Å². The van der Waals surface area contributed by atoms with E-state index in [2.05, 4.69) is 15.3 Å². The summed E-state index contributed by atoms with van der Waals surface area (Å²) in [6, 6.07) is 5.05. The molecule has 20 heavy (non-hydrogen) atoms. The number of ether oxygens (including phenoxy) is 1. The molecule has 5 heteroatoms. The van der Waals surface area contributed by atoms with Crippen LogP contribution in [0.1, 0.15) is 23.0 Å². The van der Waals surface area contributed by atoms with E-state index in [1.807, 2.05) is 14.0 Å². The van der Waals surface area contributed by atoms with Crippen LogP contribution < -0.4 is 10.1 Å². The van der Waals surface area contributed by atoms with Crippen LogP contribution in [-0.4, -0.2) is 24.1 Å². The van der Waals surface area contributed by atoms with Gasteiger partial charge in [-0.3, -0.25) is 9.97 Å². The van der Waals surface area contributed by atoms with Crippen molar-refractivity contribution in [2.24, 2.45) is 0 Å². The Morgan fingerprint density at radius 1 is 1.30 bits per heavy atom. The highest BCUT2D eigenvalue weighted by molar-refractivity contribution is 5.32. The number of likely N-dealkylation sites (N-methyl/N-ethyl adjacent to an activating group) is 1. The van der Waals surface area contributed by atoms with Gasteiger partial charge in [0.2, 0.25) is 0 Å². The van der Waals surface area contributed by atoms with Crippen LogP contribution in [0.4, 0.5) is 4.39 Å². The Morgan fingerprint density at radius 2 is 2.10 bits per heavy atom. The first-order valence-electron chi connectivity index (χ1n) is 6.43. The van der Waals surface area contributed by atoms with Gasteiger partial charge < -0.3 is 10.1 Å². The number of aromatic nitrogens is 2. The van der Waals surface area contributed by atoms with Crippen LogP contribution in [0.15, 0.2) is 30.6 Å². The van der Waals surface area contributed by atoms with Crippen molar-refractivity contribution in [2.75, 3.05) is 14.2 Å². The first-order valence-corrected chi connectivity index (χ1v) is 6.43. The van der Waals surface area contributed by atoms with Gasteiger partial charge in [-0.05, 0) is 32.0 Å². The monoisotopic (exact) mass is 275 g/mol. The number of benzene rings is 1. The van der Waals surface area contributed by atoms with Gasteiger partial charge in [-0.2, -0.15) is 0 Å². The fraction of sp³-hybridized carbons (Fsp3) is 0.333. The topological polar surface area (TPSA) is 47.0 Å². The fourth-order valence-corrected chi connectivity index (χ4v) is 2.03. The third-order valence-electron chi connectivity index (χ3n) is 3.19. The second kappa shape index (κ2) is 6.43. The smallest absolute Gasteiger partial charge is 0.168 e. The molecule has 0 aliphatic carbocycles. The van der Waals surface area contributed by atoms with E-state index in [-0.39, 0.29) is 17.6 Å². The van der Waals surface area contributed by atoms with Gasteiger partial charge in [-0.25, -0.2) is 4.39 Å². The first kappa shape index (κ1) is 14.4. The van der Waals surface area contributed by atoms with Crippen LogP contribution in [-0.2, 0) is 6.42 Å². The standard InChI is InChI=1S/C15H18FN3O/c1-10-8-19-13(9-18-10)12(17-2)7-11-5-4-6-14(20-3)15(11)16/h4-6,8-9,12,17H,7H2,1-3H3. The van der Waals surface area contributed by atoms with Crippen molar-refractivity contribution >= 4 is 0 Å². The van der Waals surface area contributed by atoms with Crippen LogP contribution in [0.5, 0.6) is 5.75 Å². The summed E-state index contributed by atoms with van der Waals surface area (Å²) in [7, 11) is 3.29. The van der Waals surface area contributed by atoms with Crippen molar-refractivity contribution in [1.82, 2.24) is 15.3 Å². The molecule has 0 spiro atoms. The molecule has 1 aromatic carbocycles. The zero-order valence-electron chi connectivity index (χ0n) is 11.9. The largest absolute Gasteiger partial charge is 0.494 e. The lowest BCUT2D eigenvalue weighted by Crippen LogP contribution is -2.21. The number of halogens is 1. The SMILES string of the molecule is CNC(Cc1cccc(OC)c1F)c1cnc(C)cn1. The molecule has 0 aliphatic rings. The Kier molecular flexibility index (Phi) is 4.63. The van der Waals surface area contributed by atoms with Crippen molar-refractivity contribution in [3.8, 4) is 5.75 Å². The molecule has 1 heterocycles. The van der Waals surface area contributed by atoms with Crippen molar-refractivity contribution in [3.05, 3.63) is 53.4 Å².